The van der Waals surface area contributed by atoms with Gasteiger partial charge >= 0.3 is 0 Å². The van der Waals surface area contributed by atoms with Gasteiger partial charge in [-0.05, 0) is 61.2 Å². The van der Waals surface area contributed by atoms with Crippen LogP contribution in [0.25, 0.3) is 22.2 Å². The van der Waals surface area contributed by atoms with Crippen molar-refractivity contribution < 1.29 is 9.59 Å². The number of aromatic nitrogens is 5. The van der Waals surface area contributed by atoms with Crippen LogP contribution in [0.1, 0.15) is 50.5 Å². The molecule has 196 valence electrons. The number of carbonyl (C=O) groups is 2. The number of hydrogen-bond acceptors (Lipinski definition) is 5. The second-order valence-corrected chi connectivity index (χ2v) is 10.2. The van der Waals surface area contributed by atoms with Crippen molar-refractivity contribution in [3.05, 3.63) is 101 Å². The van der Waals surface area contributed by atoms with E-state index >= 15 is 0 Å². The average molecular weight is 520 g/mol. The van der Waals surface area contributed by atoms with E-state index in [4.69, 9.17) is 4.98 Å². The van der Waals surface area contributed by atoms with Crippen molar-refractivity contribution >= 4 is 22.7 Å². The van der Waals surface area contributed by atoms with Crippen LogP contribution in [0, 0.1) is 6.92 Å². The van der Waals surface area contributed by atoms with Gasteiger partial charge in [0, 0.05) is 54.8 Å². The van der Waals surface area contributed by atoms with Gasteiger partial charge in [-0.1, -0.05) is 18.2 Å². The number of nitrogens with zero attached hydrogens (tertiary/aromatic N) is 5. The summed E-state index contributed by atoms with van der Waals surface area (Å²) in [4.78, 5) is 35.4. The second kappa shape index (κ2) is 9.50. The normalized spacial score (nSPS) is 13.8. The maximum atomic E-state index is 13.5. The Kier molecular flexibility index (Phi) is 5.98. The van der Waals surface area contributed by atoms with Gasteiger partial charge in [-0.25, -0.2) is 9.97 Å². The van der Waals surface area contributed by atoms with Gasteiger partial charge < -0.3 is 15.2 Å². The first-order valence-electron chi connectivity index (χ1n) is 12.9. The zero-order valence-electron chi connectivity index (χ0n) is 22.1. The Balaban J connectivity index is 1.25. The van der Waals surface area contributed by atoms with Gasteiger partial charge in [0.1, 0.15) is 5.82 Å². The molecule has 5 aromatic rings. The number of carbonyl (C=O) groups excluding carboxylic acids is 2. The van der Waals surface area contributed by atoms with Gasteiger partial charge in [0.25, 0.3) is 11.8 Å². The quantitative estimate of drug-likeness (QED) is 0.338. The predicted octanol–water partition coefficient (Wildman–Crippen LogP) is 4.03. The topological polar surface area (TPSA) is 107 Å². The average Bonchev–Trinajstić information content (AvgIpc) is 3.37. The van der Waals surface area contributed by atoms with E-state index in [0.717, 1.165) is 52.0 Å². The van der Waals surface area contributed by atoms with Crippen LogP contribution in [0.15, 0.2) is 73.3 Å². The van der Waals surface area contributed by atoms with Crippen molar-refractivity contribution in [2.75, 3.05) is 0 Å². The van der Waals surface area contributed by atoms with Crippen molar-refractivity contribution in [3.8, 4) is 11.3 Å². The summed E-state index contributed by atoms with van der Waals surface area (Å²) in [5, 5.41) is 11.5. The molecule has 3 heterocycles. The molecule has 0 bridgehead atoms. The molecule has 0 atom stereocenters. The fourth-order valence-corrected chi connectivity index (χ4v) is 5.03. The van der Waals surface area contributed by atoms with Crippen molar-refractivity contribution in [1.82, 2.24) is 34.9 Å². The third kappa shape index (κ3) is 4.67. The van der Waals surface area contributed by atoms with Crippen LogP contribution in [0.4, 0.5) is 0 Å². The minimum Gasteiger partial charge on any atom is -0.345 e. The monoisotopic (exact) mass is 519 g/mol. The van der Waals surface area contributed by atoms with Crippen LogP contribution in [-0.2, 0) is 26.2 Å². The van der Waals surface area contributed by atoms with E-state index < -0.39 is 5.54 Å². The molecule has 3 aromatic heterocycles. The van der Waals surface area contributed by atoms with Crippen LogP contribution >= 0.6 is 0 Å². The van der Waals surface area contributed by atoms with Gasteiger partial charge in [0.05, 0.1) is 29.5 Å². The molecule has 0 aliphatic heterocycles. The molecule has 1 aliphatic rings. The number of hydrogen-bond donors (Lipinski definition) is 2. The van der Waals surface area contributed by atoms with Crippen molar-refractivity contribution in [3.63, 3.8) is 0 Å². The van der Waals surface area contributed by atoms with Gasteiger partial charge in [-0.2, -0.15) is 5.10 Å². The van der Waals surface area contributed by atoms with E-state index in [0.29, 0.717) is 17.7 Å². The first-order chi connectivity index (χ1) is 18.8. The number of pyridine rings is 1. The van der Waals surface area contributed by atoms with E-state index in [1.165, 1.54) is 0 Å². The molecule has 6 rings (SSSR count). The molecule has 1 fully saturated rings. The molecule has 0 saturated heterocycles. The fourth-order valence-electron chi connectivity index (χ4n) is 5.03. The lowest BCUT2D eigenvalue weighted by Crippen LogP contribution is -2.35. The lowest BCUT2D eigenvalue weighted by atomic mass is 9.96. The highest BCUT2D eigenvalue weighted by Crippen LogP contribution is 2.48. The molecule has 2 aromatic carbocycles. The molecule has 0 radical (unpaired) electrons. The van der Waals surface area contributed by atoms with E-state index in [2.05, 4.69) is 32.8 Å². The number of para-hydroxylation sites is 1. The minimum absolute atomic E-state index is 0.159. The summed E-state index contributed by atoms with van der Waals surface area (Å²) in [7, 11) is 3.76. The predicted molar refractivity (Wildman–Crippen MR) is 148 cm³/mol. The third-order valence-corrected chi connectivity index (χ3v) is 7.40. The summed E-state index contributed by atoms with van der Waals surface area (Å²) in [6.07, 6.45) is 8.95. The number of amides is 2. The van der Waals surface area contributed by atoms with Crippen molar-refractivity contribution in [2.24, 2.45) is 14.1 Å². The molecule has 0 spiro atoms. The summed E-state index contributed by atoms with van der Waals surface area (Å²) in [6.45, 7) is 2.18. The standard InChI is InChI=1S/C30H29N7O2/c1-19-14-20(28(38)32-17-27-31-12-13-36(27)2)8-9-22(19)29(39)35-30(10-11-30)24-15-26(21-16-33-37(3)18-21)34-25-7-5-4-6-23(24)25/h4-9,12-16,18H,10-11,17H2,1-3H3,(H,32,38)(H,35,39). The Morgan fingerprint density at radius 1 is 1.05 bits per heavy atom. The lowest BCUT2D eigenvalue weighted by Gasteiger charge is -2.21. The fraction of sp³-hybridized carbons (Fsp3) is 0.233. The summed E-state index contributed by atoms with van der Waals surface area (Å²) in [5.41, 5.74) is 5.02. The number of benzene rings is 2. The molecular weight excluding hydrogens is 490 g/mol. The molecule has 39 heavy (non-hydrogen) atoms. The van der Waals surface area contributed by atoms with E-state index in [1.54, 1.807) is 35.3 Å². The smallest absolute Gasteiger partial charge is 0.252 e. The van der Waals surface area contributed by atoms with Gasteiger partial charge in [-0.3, -0.25) is 14.3 Å². The highest BCUT2D eigenvalue weighted by molar-refractivity contribution is 6.00. The Morgan fingerprint density at radius 3 is 2.56 bits per heavy atom. The minimum atomic E-state index is -0.471. The molecule has 9 heteroatoms. The molecule has 9 nitrogen and oxygen atoms in total. The maximum Gasteiger partial charge on any atom is 0.252 e. The lowest BCUT2D eigenvalue weighted by molar-refractivity contribution is 0.0924. The van der Waals surface area contributed by atoms with E-state index in [1.807, 2.05) is 56.2 Å². The van der Waals surface area contributed by atoms with Gasteiger partial charge in [0.2, 0.25) is 0 Å². The van der Waals surface area contributed by atoms with Crippen molar-refractivity contribution in [1.29, 1.82) is 0 Å². The summed E-state index contributed by atoms with van der Waals surface area (Å²) in [5.74, 6) is 0.396. The van der Waals surface area contributed by atoms with Crippen molar-refractivity contribution in [2.45, 2.75) is 31.8 Å². The number of aryl methyl sites for hydroxylation is 3. The molecule has 1 aliphatic carbocycles. The van der Waals surface area contributed by atoms with Gasteiger partial charge in [0.15, 0.2) is 0 Å². The Labute approximate surface area is 225 Å². The van der Waals surface area contributed by atoms with Gasteiger partial charge in [-0.15, -0.1) is 0 Å². The molecule has 2 amide bonds. The zero-order chi connectivity index (χ0) is 27.1. The Morgan fingerprint density at radius 2 is 1.87 bits per heavy atom. The summed E-state index contributed by atoms with van der Waals surface area (Å²) >= 11 is 0. The molecular formula is C30H29N7O2. The SMILES string of the molecule is Cc1cc(C(=O)NCc2nccn2C)ccc1C(=O)NC1(c2cc(-c3cnn(C)c3)nc3ccccc23)CC1. The summed E-state index contributed by atoms with van der Waals surface area (Å²) < 4.78 is 3.62. The molecule has 1 saturated carbocycles. The Bertz CT molecular complexity index is 1730. The van der Waals surface area contributed by atoms with Crippen LogP contribution in [0.5, 0.6) is 0 Å². The summed E-state index contributed by atoms with van der Waals surface area (Å²) in [6, 6.07) is 15.3. The van der Waals surface area contributed by atoms with Crippen LogP contribution in [0.2, 0.25) is 0 Å². The second-order valence-electron chi connectivity index (χ2n) is 10.2. The van der Waals surface area contributed by atoms with E-state index in [-0.39, 0.29) is 11.8 Å². The highest BCUT2D eigenvalue weighted by Gasteiger charge is 2.47. The highest BCUT2D eigenvalue weighted by atomic mass is 16.2. The third-order valence-electron chi connectivity index (χ3n) is 7.40. The number of fused-ring (bicyclic) bond motifs is 1. The van der Waals surface area contributed by atoms with Crippen LogP contribution < -0.4 is 10.6 Å². The Hall–Kier alpha value is -4.79. The number of imidazole rings is 1. The first-order valence-corrected chi connectivity index (χ1v) is 12.9. The first kappa shape index (κ1) is 24.5. The van der Waals surface area contributed by atoms with Crippen LogP contribution in [-0.4, -0.2) is 36.1 Å². The zero-order valence-corrected chi connectivity index (χ0v) is 22.1. The largest absolute Gasteiger partial charge is 0.345 e. The van der Waals surface area contributed by atoms with E-state index in [9.17, 15) is 9.59 Å². The molecule has 0 unspecified atom stereocenters. The van der Waals surface area contributed by atoms with Crippen LogP contribution in [0.3, 0.4) is 0 Å². The molecule has 2 N–H and O–H groups in total. The maximum absolute atomic E-state index is 13.5. The number of rotatable bonds is 7. The number of nitrogens with one attached hydrogen (secondary N) is 2.